The summed E-state index contributed by atoms with van der Waals surface area (Å²) < 4.78 is 0. The summed E-state index contributed by atoms with van der Waals surface area (Å²) >= 11 is 0. The minimum atomic E-state index is -0.162. The molecule has 2 aliphatic carbocycles. The molecule has 0 spiro atoms. The van der Waals surface area contributed by atoms with E-state index < -0.39 is 0 Å². The van der Waals surface area contributed by atoms with Gasteiger partial charge in [-0.15, -0.1) is 0 Å². The molecule has 2 N–H and O–H groups in total. The zero-order valence-corrected chi connectivity index (χ0v) is 17.4. The second-order valence-electron chi connectivity index (χ2n) is 9.91. The smallest absolute Gasteiger partial charge is 0.244 e. The van der Waals surface area contributed by atoms with E-state index in [9.17, 15) is 4.79 Å². The van der Waals surface area contributed by atoms with E-state index in [-0.39, 0.29) is 5.91 Å². The van der Waals surface area contributed by atoms with Crippen molar-refractivity contribution in [2.45, 2.75) is 80.1 Å². The predicted molar refractivity (Wildman–Crippen MR) is 107 cm³/mol. The van der Waals surface area contributed by atoms with Gasteiger partial charge in [0.05, 0.1) is 0 Å². The molecular formula is C23H41NO. The van der Waals surface area contributed by atoms with Crippen LogP contribution in [0.2, 0.25) is 0 Å². The molecule has 0 radical (unpaired) electrons. The SMILES string of the molecule is CC1CCC(C(C)C)C(C=C(C(N)=O)C2CC(C)CCC2C(C)C)C1. The number of amides is 1. The van der Waals surface area contributed by atoms with E-state index in [1.165, 1.54) is 32.1 Å². The Morgan fingerprint density at radius 1 is 0.880 bits per heavy atom. The highest BCUT2D eigenvalue weighted by Crippen LogP contribution is 2.44. The van der Waals surface area contributed by atoms with Gasteiger partial charge in [0, 0.05) is 5.57 Å². The Hall–Kier alpha value is -0.790. The lowest BCUT2D eigenvalue weighted by atomic mass is 9.65. The third-order valence-electron chi connectivity index (χ3n) is 7.17. The Bertz CT molecular complexity index is 478. The zero-order valence-electron chi connectivity index (χ0n) is 17.4. The minimum absolute atomic E-state index is 0.162. The van der Waals surface area contributed by atoms with Crippen LogP contribution in [0, 0.1) is 47.3 Å². The number of nitrogens with two attached hydrogens (primary N) is 1. The van der Waals surface area contributed by atoms with Crippen LogP contribution in [-0.2, 0) is 4.79 Å². The molecule has 0 aromatic heterocycles. The van der Waals surface area contributed by atoms with Crippen LogP contribution < -0.4 is 5.73 Å². The molecule has 25 heavy (non-hydrogen) atoms. The molecule has 0 aliphatic heterocycles. The lowest BCUT2D eigenvalue weighted by molar-refractivity contribution is -0.115. The van der Waals surface area contributed by atoms with Crippen molar-refractivity contribution in [2.24, 2.45) is 53.1 Å². The van der Waals surface area contributed by atoms with Gasteiger partial charge in [-0.3, -0.25) is 4.79 Å². The largest absolute Gasteiger partial charge is 0.366 e. The van der Waals surface area contributed by atoms with Crippen LogP contribution in [0.5, 0.6) is 0 Å². The summed E-state index contributed by atoms with van der Waals surface area (Å²) in [5.74, 6) is 4.79. The topological polar surface area (TPSA) is 43.1 Å². The number of hydrogen-bond donors (Lipinski definition) is 1. The summed E-state index contributed by atoms with van der Waals surface area (Å²) in [5, 5.41) is 0. The first-order valence-electron chi connectivity index (χ1n) is 10.7. The lowest BCUT2D eigenvalue weighted by Gasteiger charge is -2.40. The molecular weight excluding hydrogens is 306 g/mol. The fraction of sp³-hybridized carbons (Fsp3) is 0.870. The van der Waals surface area contributed by atoms with E-state index in [4.69, 9.17) is 5.73 Å². The summed E-state index contributed by atoms with van der Waals surface area (Å²) in [7, 11) is 0. The molecule has 1 amide bonds. The molecule has 0 bridgehead atoms. The number of hydrogen-bond acceptors (Lipinski definition) is 1. The van der Waals surface area contributed by atoms with Gasteiger partial charge < -0.3 is 5.73 Å². The molecule has 2 saturated carbocycles. The van der Waals surface area contributed by atoms with Crippen LogP contribution in [0.4, 0.5) is 0 Å². The Morgan fingerprint density at radius 3 is 1.92 bits per heavy atom. The normalized spacial score (nSPS) is 37.5. The molecule has 2 nitrogen and oxygen atoms in total. The number of carbonyl (C=O) groups is 1. The van der Waals surface area contributed by atoms with E-state index in [2.05, 4.69) is 47.6 Å². The fourth-order valence-electron chi connectivity index (χ4n) is 5.65. The van der Waals surface area contributed by atoms with E-state index in [1.807, 2.05) is 0 Å². The highest BCUT2D eigenvalue weighted by molar-refractivity contribution is 5.92. The Kier molecular flexibility index (Phi) is 7.17. The monoisotopic (exact) mass is 347 g/mol. The van der Waals surface area contributed by atoms with Crippen LogP contribution >= 0.6 is 0 Å². The summed E-state index contributed by atoms with van der Waals surface area (Å²) in [6, 6.07) is 0. The molecule has 2 aliphatic rings. The lowest BCUT2D eigenvalue weighted by Crippen LogP contribution is -2.35. The maximum absolute atomic E-state index is 12.5. The molecule has 6 atom stereocenters. The Morgan fingerprint density at radius 2 is 1.40 bits per heavy atom. The number of carbonyl (C=O) groups excluding carboxylic acids is 1. The van der Waals surface area contributed by atoms with Gasteiger partial charge in [0.2, 0.25) is 5.91 Å². The van der Waals surface area contributed by atoms with Crippen molar-refractivity contribution in [3.05, 3.63) is 11.6 Å². The van der Waals surface area contributed by atoms with Crippen molar-refractivity contribution in [3.63, 3.8) is 0 Å². The molecule has 0 heterocycles. The fourth-order valence-corrected chi connectivity index (χ4v) is 5.65. The van der Waals surface area contributed by atoms with E-state index in [1.54, 1.807) is 0 Å². The van der Waals surface area contributed by atoms with Crippen molar-refractivity contribution in [2.75, 3.05) is 0 Å². The quantitative estimate of drug-likeness (QED) is 0.626. The number of rotatable bonds is 5. The van der Waals surface area contributed by atoms with Crippen LogP contribution in [0.3, 0.4) is 0 Å². The number of primary amides is 1. The minimum Gasteiger partial charge on any atom is -0.366 e. The Labute approximate surface area is 156 Å². The molecule has 0 saturated heterocycles. The highest BCUT2D eigenvalue weighted by atomic mass is 16.1. The van der Waals surface area contributed by atoms with Crippen LogP contribution in [0.1, 0.15) is 80.1 Å². The number of allylic oxidation sites excluding steroid dienone is 1. The van der Waals surface area contributed by atoms with E-state index in [0.29, 0.717) is 41.4 Å². The molecule has 2 heteroatoms. The zero-order chi connectivity index (χ0) is 18.7. The molecule has 0 aromatic rings. The molecule has 6 unspecified atom stereocenters. The van der Waals surface area contributed by atoms with Crippen molar-refractivity contribution in [1.82, 2.24) is 0 Å². The average molecular weight is 348 g/mol. The van der Waals surface area contributed by atoms with Gasteiger partial charge in [-0.1, -0.05) is 60.5 Å². The third-order valence-corrected chi connectivity index (χ3v) is 7.17. The molecule has 2 fully saturated rings. The van der Waals surface area contributed by atoms with Crippen molar-refractivity contribution in [3.8, 4) is 0 Å². The standard InChI is InChI=1S/C23H41NO/c1-14(2)19-9-7-16(5)11-18(19)13-22(23(24)25)21-12-17(6)8-10-20(21)15(3)4/h13-21H,7-12H2,1-6H3,(H2,24,25). The van der Waals surface area contributed by atoms with Gasteiger partial charge in [-0.2, -0.15) is 0 Å². The van der Waals surface area contributed by atoms with Gasteiger partial charge in [0.1, 0.15) is 0 Å². The summed E-state index contributed by atoms with van der Waals surface area (Å²) in [6.07, 6.45) is 9.85. The van der Waals surface area contributed by atoms with Crippen LogP contribution in [0.15, 0.2) is 11.6 Å². The second kappa shape index (κ2) is 8.73. The molecule has 0 aromatic carbocycles. The van der Waals surface area contributed by atoms with E-state index >= 15 is 0 Å². The summed E-state index contributed by atoms with van der Waals surface area (Å²) in [4.78, 5) is 12.5. The van der Waals surface area contributed by atoms with Crippen LogP contribution in [0.25, 0.3) is 0 Å². The van der Waals surface area contributed by atoms with Crippen LogP contribution in [-0.4, -0.2) is 5.91 Å². The predicted octanol–water partition coefficient (Wildman–Crippen LogP) is 5.81. The van der Waals surface area contributed by atoms with E-state index in [0.717, 1.165) is 17.9 Å². The van der Waals surface area contributed by atoms with Gasteiger partial charge in [-0.25, -0.2) is 0 Å². The van der Waals surface area contributed by atoms with Gasteiger partial charge >= 0.3 is 0 Å². The maximum atomic E-state index is 12.5. The van der Waals surface area contributed by atoms with Crippen molar-refractivity contribution in [1.29, 1.82) is 0 Å². The third kappa shape index (κ3) is 5.11. The summed E-state index contributed by atoms with van der Waals surface area (Å²) in [6.45, 7) is 14.0. The van der Waals surface area contributed by atoms with Gasteiger partial charge in [0.15, 0.2) is 0 Å². The Balaban J connectivity index is 2.33. The second-order valence-corrected chi connectivity index (χ2v) is 9.91. The molecule has 2 rings (SSSR count). The van der Waals surface area contributed by atoms with Crippen molar-refractivity contribution >= 4 is 5.91 Å². The molecule has 144 valence electrons. The first kappa shape index (κ1) is 20.5. The first-order valence-corrected chi connectivity index (χ1v) is 10.7. The average Bonchev–Trinajstić information content (AvgIpc) is 2.51. The van der Waals surface area contributed by atoms with Gasteiger partial charge in [-0.05, 0) is 73.0 Å². The maximum Gasteiger partial charge on any atom is 0.244 e. The highest BCUT2D eigenvalue weighted by Gasteiger charge is 2.37. The summed E-state index contributed by atoms with van der Waals surface area (Å²) in [5.41, 5.74) is 6.91. The van der Waals surface area contributed by atoms with Gasteiger partial charge in [0.25, 0.3) is 0 Å². The first-order chi connectivity index (χ1) is 11.7. The van der Waals surface area contributed by atoms with Crippen molar-refractivity contribution < 1.29 is 4.79 Å².